The number of halogens is 1. The van der Waals surface area contributed by atoms with E-state index in [4.69, 9.17) is 21.1 Å². The largest absolute Gasteiger partial charge is 0.493 e. The molecule has 1 aromatic carbocycles. The van der Waals surface area contributed by atoms with Crippen LogP contribution in [0, 0.1) is 0 Å². The Morgan fingerprint density at radius 2 is 2.07 bits per heavy atom. The van der Waals surface area contributed by atoms with Crippen molar-refractivity contribution in [1.82, 2.24) is 0 Å². The zero-order valence-corrected chi connectivity index (χ0v) is 9.47. The maximum absolute atomic E-state index is 5.78. The number of hydrogen-bond donors (Lipinski definition) is 0. The van der Waals surface area contributed by atoms with Gasteiger partial charge in [0.2, 0.25) is 0 Å². The van der Waals surface area contributed by atoms with Crippen LogP contribution in [0.4, 0.5) is 0 Å². The molecule has 0 aliphatic carbocycles. The van der Waals surface area contributed by atoms with Crippen molar-refractivity contribution in [2.24, 2.45) is 0 Å². The molecule has 0 heterocycles. The Morgan fingerprint density at radius 3 is 2.57 bits per heavy atom. The molecule has 0 saturated carbocycles. The van der Waals surface area contributed by atoms with Crippen molar-refractivity contribution in [3.63, 3.8) is 0 Å². The minimum absolute atomic E-state index is 0.134. The van der Waals surface area contributed by atoms with Crippen LogP contribution in [0.2, 0.25) is 0 Å². The lowest BCUT2D eigenvalue weighted by molar-refractivity contribution is 0.229. The number of benzene rings is 1. The molecule has 1 aromatic rings. The SMILES string of the molecule is COc1c(CCl)cccc1OC(C)C. The maximum Gasteiger partial charge on any atom is 0.165 e. The van der Waals surface area contributed by atoms with Gasteiger partial charge < -0.3 is 9.47 Å². The van der Waals surface area contributed by atoms with Crippen molar-refractivity contribution >= 4 is 11.6 Å². The van der Waals surface area contributed by atoms with Gasteiger partial charge >= 0.3 is 0 Å². The standard InChI is InChI=1S/C11H15ClO2/c1-8(2)14-10-6-4-5-9(7-12)11(10)13-3/h4-6,8H,7H2,1-3H3. The number of methoxy groups -OCH3 is 1. The summed E-state index contributed by atoms with van der Waals surface area (Å²) in [6.07, 6.45) is 0.134. The molecule has 0 spiro atoms. The van der Waals surface area contributed by atoms with Crippen LogP contribution in [-0.2, 0) is 5.88 Å². The van der Waals surface area contributed by atoms with Gasteiger partial charge in [0.1, 0.15) is 0 Å². The van der Waals surface area contributed by atoms with Gasteiger partial charge in [-0.25, -0.2) is 0 Å². The summed E-state index contributed by atoms with van der Waals surface area (Å²) in [5.41, 5.74) is 0.951. The van der Waals surface area contributed by atoms with Gasteiger partial charge in [0.25, 0.3) is 0 Å². The van der Waals surface area contributed by atoms with Crippen LogP contribution in [0.15, 0.2) is 18.2 Å². The van der Waals surface area contributed by atoms with Gasteiger partial charge in [-0.05, 0) is 19.9 Å². The fourth-order valence-corrected chi connectivity index (χ4v) is 1.46. The van der Waals surface area contributed by atoms with E-state index in [0.717, 1.165) is 17.1 Å². The van der Waals surface area contributed by atoms with E-state index in [9.17, 15) is 0 Å². The number of para-hydroxylation sites is 1. The number of ether oxygens (including phenoxy) is 2. The highest BCUT2D eigenvalue weighted by molar-refractivity contribution is 6.17. The first-order valence-electron chi connectivity index (χ1n) is 4.57. The Balaban J connectivity index is 3.02. The predicted molar refractivity (Wildman–Crippen MR) is 58.3 cm³/mol. The molecule has 0 radical (unpaired) electrons. The zero-order chi connectivity index (χ0) is 10.6. The first kappa shape index (κ1) is 11.2. The molecule has 0 aliphatic rings. The molecule has 0 fully saturated rings. The van der Waals surface area contributed by atoms with Crippen molar-refractivity contribution in [3.8, 4) is 11.5 Å². The predicted octanol–water partition coefficient (Wildman–Crippen LogP) is 3.22. The molecule has 0 saturated heterocycles. The third kappa shape index (κ3) is 2.55. The molecule has 1 rings (SSSR count). The molecule has 0 bridgehead atoms. The van der Waals surface area contributed by atoms with Gasteiger partial charge in [-0.1, -0.05) is 12.1 Å². The van der Waals surface area contributed by atoms with E-state index in [1.165, 1.54) is 0 Å². The lowest BCUT2D eigenvalue weighted by Crippen LogP contribution is -2.07. The summed E-state index contributed by atoms with van der Waals surface area (Å²) >= 11 is 5.78. The maximum atomic E-state index is 5.78. The molecule has 0 atom stereocenters. The summed E-state index contributed by atoms with van der Waals surface area (Å²) in [6, 6.07) is 5.73. The molecular weight excluding hydrogens is 200 g/mol. The molecule has 2 nitrogen and oxygen atoms in total. The second kappa shape index (κ2) is 5.11. The molecule has 14 heavy (non-hydrogen) atoms. The van der Waals surface area contributed by atoms with Crippen molar-refractivity contribution in [1.29, 1.82) is 0 Å². The fraction of sp³-hybridized carbons (Fsp3) is 0.455. The van der Waals surface area contributed by atoms with Gasteiger partial charge in [0.05, 0.1) is 19.1 Å². The van der Waals surface area contributed by atoms with E-state index in [-0.39, 0.29) is 6.10 Å². The van der Waals surface area contributed by atoms with Crippen molar-refractivity contribution in [2.75, 3.05) is 7.11 Å². The number of alkyl halides is 1. The molecule has 0 N–H and O–H groups in total. The molecule has 78 valence electrons. The summed E-state index contributed by atoms with van der Waals surface area (Å²) in [5, 5.41) is 0. The quantitative estimate of drug-likeness (QED) is 0.717. The zero-order valence-electron chi connectivity index (χ0n) is 8.71. The van der Waals surface area contributed by atoms with Crippen molar-refractivity contribution < 1.29 is 9.47 Å². The van der Waals surface area contributed by atoms with E-state index in [1.807, 2.05) is 32.0 Å². The molecule has 0 amide bonds. The van der Waals surface area contributed by atoms with E-state index in [0.29, 0.717) is 5.88 Å². The lowest BCUT2D eigenvalue weighted by atomic mass is 10.2. The molecule has 0 unspecified atom stereocenters. The second-order valence-corrected chi connectivity index (χ2v) is 3.52. The van der Waals surface area contributed by atoms with E-state index >= 15 is 0 Å². The lowest BCUT2D eigenvalue weighted by Gasteiger charge is -2.15. The minimum Gasteiger partial charge on any atom is -0.493 e. The number of rotatable bonds is 4. The van der Waals surface area contributed by atoms with Crippen LogP contribution in [-0.4, -0.2) is 13.2 Å². The Kier molecular flexibility index (Phi) is 4.08. The summed E-state index contributed by atoms with van der Waals surface area (Å²) in [6.45, 7) is 3.96. The second-order valence-electron chi connectivity index (χ2n) is 3.25. The van der Waals surface area contributed by atoms with E-state index < -0.39 is 0 Å². The molecule has 3 heteroatoms. The van der Waals surface area contributed by atoms with Crippen molar-refractivity contribution in [3.05, 3.63) is 23.8 Å². The summed E-state index contributed by atoms with van der Waals surface area (Å²) in [5.74, 6) is 1.91. The average molecular weight is 215 g/mol. The Hall–Kier alpha value is -0.890. The monoisotopic (exact) mass is 214 g/mol. The van der Waals surface area contributed by atoms with Crippen LogP contribution in [0.5, 0.6) is 11.5 Å². The van der Waals surface area contributed by atoms with Crippen LogP contribution in [0.25, 0.3) is 0 Å². The summed E-state index contributed by atoms with van der Waals surface area (Å²) in [4.78, 5) is 0. The summed E-state index contributed by atoms with van der Waals surface area (Å²) < 4.78 is 10.9. The Morgan fingerprint density at radius 1 is 1.36 bits per heavy atom. The van der Waals surface area contributed by atoms with Gasteiger partial charge in [0, 0.05) is 5.56 Å². The van der Waals surface area contributed by atoms with Crippen molar-refractivity contribution in [2.45, 2.75) is 25.8 Å². The van der Waals surface area contributed by atoms with Gasteiger partial charge in [0.15, 0.2) is 11.5 Å². The van der Waals surface area contributed by atoms with Crippen LogP contribution >= 0.6 is 11.6 Å². The average Bonchev–Trinajstić information content (AvgIpc) is 2.16. The van der Waals surface area contributed by atoms with Crippen LogP contribution in [0.3, 0.4) is 0 Å². The third-order valence-electron chi connectivity index (χ3n) is 1.77. The Bertz CT molecular complexity index is 297. The molecule has 0 aliphatic heterocycles. The Labute approximate surface area is 89.8 Å². The first-order chi connectivity index (χ1) is 6.69. The normalized spacial score (nSPS) is 10.4. The highest BCUT2D eigenvalue weighted by Crippen LogP contribution is 2.32. The molecular formula is C11H15ClO2. The fourth-order valence-electron chi connectivity index (χ4n) is 1.24. The van der Waals surface area contributed by atoms with E-state index in [2.05, 4.69) is 0 Å². The number of hydrogen-bond acceptors (Lipinski definition) is 2. The third-order valence-corrected chi connectivity index (χ3v) is 2.06. The molecule has 0 aromatic heterocycles. The van der Waals surface area contributed by atoms with Gasteiger partial charge in [-0.2, -0.15) is 0 Å². The summed E-state index contributed by atoms with van der Waals surface area (Å²) in [7, 11) is 1.62. The highest BCUT2D eigenvalue weighted by atomic mass is 35.5. The van der Waals surface area contributed by atoms with E-state index in [1.54, 1.807) is 7.11 Å². The van der Waals surface area contributed by atoms with Crippen LogP contribution in [0.1, 0.15) is 19.4 Å². The topological polar surface area (TPSA) is 18.5 Å². The first-order valence-corrected chi connectivity index (χ1v) is 5.11. The van der Waals surface area contributed by atoms with Crippen LogP contribution < -0.4 is 9.47 Å². The van der Waals surface area contributed by atoms with Gasteiger partial charge in [-0.3, -0.25) is 0 Å². The smallest absolute Gasteiger partial charge is 0.165 e. The minimum atomic E-state index is 0.134. The van der Waals surface area contributed by atoms with Gasteiger partial charge in [-0.15, -0.1) is 11.6 Å². The highest BCUT2D eigenvalue weighted by Gasteiger charge is 2.09.